The number of esters is 1. The van der Waals surface area contributed by atoms with Crippen LogP contribution in [0.4, 0.5) is 0 Å². The zero-order valence-corrected chi connectivity index (χ0v) is 41.7. The number of halogens is 2. The number of aliphatic imine (C=N–C) groups is 1. The predicted molar refractivity (Wildman–Crippen MR) is 272 cm³/mol. The van der Waals surface area contributed by atoms with Gasteiger partial charge in [0.15, 0.2) is 0 Å². The van der Waals surface area contributed by atoms with Crippen LogP contribution in [0.5, 0.6) is 23.0 Å². The van der Waals surface area contributed by atoms with Crippen LogP contribution in [-0.4, -0.2) is 90.5 Å². The molecule has 0 unspecified atom stereocenters. The molecule has 6 aromatic rings. The number of pyridine rings is 2. The van der Waals surface area contributed by atoms with Crippen molar-refractivity contribution < 1.29 is 53.0 Å². The van der Waals surface area contributed by atoms with Crippen molar-refractivity contribution in [2.45, 2.75) is 65.4 Å². The number of nitrogens with one attached hydrogen (secondary N) is 3. The average molecular weight is 1020 g/mol. The summed E-state index contributed by atoms with van der Waals surface area (Å²) in [6.07, 6.45) is 9.40. The number of rotatable bonds is 26. The second-order valence-corrected chi connectivity index (χ2v) is 17.1. The molecule has 376 valence electrons. The number of nitrogens with zero attached hydrogens (tertiary/aromatic N) is 3. The predicted octanol–water partition coefficient (Wildman–Crippen LogP) is 8.33. The van der Waals surface area contributed by atoms with Gasteiger partial charge in [-0.05, 0) is 71.5 Å². The number of aliphatic carboxylic acids is 2. The average Bonchev–Trinajstić information content (AvgIpc) is 3.37. The van der Waals surface area contributed by atoms with E-state index in [9.17, 15) is 24.6 Å². The Morgan fingerprint density at radius 1 is 0.667 bits per heavy atom. The number of carbonyl (C=O) groups is 3. The maximum absolute atomic E-state index is 12.2. The molecule has 0 aliphatic heterocycles. The molecule has 72 heavy (non-hydrogen) atoms. The Labute approximate surface area is 426 Å². The molecule has 0 amide bonds. The van der Waals surface area contributed by atoms with Crippen molar-refractivity contribution in [1.29, 1.82) is 5.41 Å². The SMILES string of the molecule is C/N=C/c1cncc(COc2cc(OCc3cccc(-c4cccc(COc5cc(OCc6cncc(C=N)c6)c(CN[C@@H](COC)C(=O)O)cc5Cl)c4C)c3C)c(Cl)cc2CN[C@H](C(=O)O)C(=O)OC)c1. The first-order valence-electron chi connectivity index (χ1n) is 22.4. The number of carboxylic acid groups (broad SMARTS) is 2. The summed E-state index contributed by atoms with van der Waals surface area (Å²) in [6, 6.07) is 19.5. The van der Waals surface area contributed by atoms with Gasteiger partial charge in [-0.15, -0.1) is 0 Å². The Morgan fingerprint density at radius 3 is 1.64 bits per heavy atom. The van der Waals surface area contributed by atoms with Crippen molar-refractivity contribution in [2.75, 3.05) is 27.9 Å². The molecule has 0 aliphatic rings. The van der Waals surface area contributed by atoms with Crippen molar-refractivity contribution in [3.63, 3.8) is 0 Å². The number of carboxylic acids is 2. The summed E-state index contributed by atoms with van der Waals surface area (Å²) < 4.78 is 35.0. The molecule has 2 aromatic heterocycles. The van der Waals surface area contributed by atoms with Crippen molar-refractivity contribution >= 4 is 53.5 Å². The zero-order valence-electron chi connectivity index (χ0n) is 40.2. The normalized spacial score (nSPS) is 12.0. The molecule has 0 fully saturated rings. The Balaban J connectivity index is 1.21. The monoisotopic (exact) mass is 1020 g/mol. The molecule has 0 saturated heterocycles. The van der Waals surface area contributed by atoms with Gasteiger partial charge >= 0.3 is 17.9 Å². The van der Waals surface area contributed by atoms with E-state index in [1.807, 2.05) is 56.3 Å². The van der Waals surface area contributed by atoms with Gasteiger partial charge in [0.2, 0.25) is 6.04 Å². The van der Waals surface area contributed by atoms with E-state index >= 15 is 0 Å². The quantitative estimate of drug-likeness (QED) is 0.0195. The highest BCUT2D eigenvalue weighted by atomic mass is 35.5. The molecule has 19 heteroatoms. The van der Waals surface area contributed by atoms with Crippen LogP contribution in [0.3, 0.4) is 0 Å². The highest BCUT2D eigenvalue weighted by Gasteiger charge is 2.27. The van der Waals surface area contributed by atoms with Gasteiger partial charge in [0.25, 0.3) is 0 Å². The van der Waals surface area contributed by atoms with E-state index in [-0.39, 0.29) is 51.1 Å². The highest BCUT2D eigenvalue weighted by Crippen LogP contribution is 2.37. The molecule has 0 spiro atoms. The Kier molecular flexibility index (Phi) is 19.6. The van der Waals surface area contributed by atoms with E-state index in [1.165, 1.54) is 13.3 Å². The Bertz CT molecular complexity index is 2940. The summed E-state index contributed by atoms with van der Waals surface area (Å²) in [7, 11) is 4.19. The standard InChI is InChI=1S/C53H54Cl2N6O11/c1-31-37(28-71-48-16-46(69-26-35-12-33(18-56)20-58-22-35)39(14-43(48)54)24-60-45(30-67-4)51(62)63)8-6-10-41(31)42-11-7-9-38(32(42)2)29-72-49-17-47(70-27-36-13-34(19-57-3)21-59-23-36)40(15-44(49)55)25-61-50(52(64)65)53(66)68-5/h6-23,45,50,56,60-61H,24-30H2,1-5H3,(H,62,63)(H,64,65)/b56-18?,57-19+/t45-,50+/m0/s1. The molecular weight excluding hydrogens is 968 g/mol. The van der Waals surface area contributed by atoms with Crippen molar-refractivity contribution in [3.05, 3.63) is 163 Å². The number of ether oxygens (including phenoxy) is 6. The van der Waals surface area contributed by atoms with Gasteiger partial charge in [-0.3, -0.25) is 30.4 Å². The van der Waals surface area contributed by atoms with E-state index in [0.29, 0.717) is 44.7 Å². The molecule has 0 radical (unpaired) electrons. The minimum absolute atomic E-state index is 0.0503. The lowest BCUT2D eigenvalue weighted by atomic mass is 9.92. The van der Waals surface area contributed by atoms with Gasteiger partial charge in [-0.25, -0.2) is 9.59 Å². The molecule has 5 N–H and O–H groups in total. The Hall–Kier alpha value is -7.41. The highest BCUT2D eigenvalue weighted by molar-refractivity contribution is 6.32. The van der Waals surface area contributed by atoms with E-state index in [0.717, 1.165) is 57.2 Å². The lowest BCUT2D eigenvalue weighted by molar-refractivity contribution is -0.153. The largest absolute Gasteiger partial charge is 0.488 e. The fraction of sp³-hybridized carbons (Fsp3) is 0.264. The molecule has 2 heterocycles. The lowest BCUT2D eigenvalue weighted by Crippen LogP contribution is -2.43. The van der Waals surface area contributed by atoms with Gasteiger partial charge in [-0.1, -0.05) is 59.6 Å². The molecule has 17 nitrogen and oxygen atoms in total. The summed E-state index contributed by atoms with van der Waals surface area (Å²) in [6.45, 7) is 4.46. The molecular formula is C53H54Cl2N6O11. The minimum Gasteiger partial charge on any atom is -0.488 e. The van der Waals surface area contributed by atoms with Crippen molar-refractivity contribution in [3.8, 4) is 34.1 Å². The van der Waals surface area contributed by atoms with Crippen LogP contribution in [0.1, 0.15) is 55.6 Å². The van der Waals surface area contributed by atoms with Crippen molar-refractivity contribution in [2.24, 2.45) is 4.99 Å². The van der Waals surface area contributed by atoms with Crippen LogP contribution in [0.2, 0.25) is 10.0 Å². The summed E-state index contributed by atoms with van der Waals surface area (Å²) in [5.41, 5.74) is 9.57. The Morgan fingerprint density at radius 2 is 1.17 bits per heavy atom. The van der Waals surface area contributed by atoms with Crippen LogP contribution in [0.25, 0.3) is 11.1 Å². The molecule has 2 atom stereocenters. The maximum Gasteiger partial charge on any atom is 0.334 e. The minimum atomic E-state index is -1.63. The van der Waals surface area contributed by atoms with Crippen LogP contribution in [0, 0.1) is 19.3 Å². The van der Waals surface area contributed by atoms with Crippen molar-refractivity contribution in [1.82, 2.24) is 20.6 Å². The van der Waals surface area contributed by atoms with Gasteiger partial charge in [-0.2, -0.15) is 0 Å². The third-order valence-corrected chi connectivity index (χ3v) is 12.0. The molecule has 0 saturated carbocycles. The number of carbonyl (C=O) groups excluding carboxylic acids is 1. The molecule has 0 bridgehead atoms. The first-order chi connectivity index (χ1) is 34.7. The third-order valence-electron chi connectivity index (χ3n) is 11.4. The van der Waals surface area contributed by atoms with E-state index in [1.54, 1.807) is 68.4 Å². The number of benzene rings is 4. The summed E-state index contributed by atoms with van der Waals surface area (Å²) in [5.74, 6) is -2.03. The molecule has 0 aliphatic carbocycles. The smallest absolute Gasteiger partial charge is 0.334 e. The van der Waals surface area contributed by atoms with Gasteiger partial charge < -0.3 is 44.0 Å². The maximum atomic E-state index is 12.2. The second kappa shape index (κ2) is 26.2. The number of aromatic nitrogens is 2. The first kappa shape index (κ1) is 53.9. The number of hydrogen-bond donors (Lipinski definition) is 5. The van der Waals surface area contributed by atoms with Gasteiger partial charge in [0.1, 0.15) is 55.5 Å². The van der Waals surface area contributed by atoms with Crippen LogP contribution >= 0.6 is 23.2 Å². The van der Waals surface area contributed by atoms with Gasteiger partial charge in [0, 0.05) is 110 Å². The molecule has 6 rings (SSSR count). The van der Waals surface area contributed by atoms with E-state index in [4.69, 9.17) is 52.3 Å². The zero-order chi connectivity index (χ0) is 51.7. The third kappa shape index (κ3) is 14.4. The van der Waals surface area contributed by atoms with Crippen LogP contribution in [0.15, 0.2) is 103 Å². The fourth-order valence-electron chi connectivity index (χ4n) is 7.51. The number of methoxy groups -OCH3 is 2. The van der Waals surface area contributed by atoms with Crippen LogP contribution < -0.4 is 29.6 Å². The fourth-order valence-corrected chi connectivity index (χ4v) is 7.99. The summed E-state index contributed by atoms with van der Waals surface area (Å²) >= 11 is 13.6. The second-order valence-electron chi connectivity index (χ2n) is 16.3. The topological polar surface area (TPSA) is 233 Å². The lowest BCUT2D eigenvalue weighted by Gasteiger charge is -2.19. The summed E-state index contributed by atoms with van der Waals surface area (Å²) in [5, 5.41) is 33.2. The molecule has 4 aromatic carbocycles. The summed E-state index contributed by atoms with van der Waals surface area (Å²) in [4.78, 5) is 48.4. The van der Waals surface area contributed by atoms with Crippen LogP contribution in [-0.2, 0) is 63.4 Å². The van der Waals surface area contributed by atoms with E-state index in [2.05, 4.69) is 30.3 Å². The number of hydrogen-bond acceptors (Lipinski definition) is 15. The first-order valence-corrected chi connectivity index (χ1v) is 23.1. The van der Waals surface area contributed by atoms with E-state index < -0.39 is 30.0 Å². The van der Waals surface area contributed by atoms with Gasteiger partial charge in [0.05, 0.1) is 23.8 Å².